The number of rotatable bonds is 4. The molecule has 0 saturated carbocycles. The highest BCUT2D eigenvalue weighted by atomic mass is 19.1. The maximum Gasteiger partial charge on any atom is 0.160 e. The molecule has 2 N–H and O–H groups in total. The van der Waals surface area contributed by atoms with Crippen LogP contribution in [0.25, 0.3) is 56.0 Å². The fourth-order valence-electron chi connectivity index (χ4n) is 3.85. The molecular formula is C24H16FN7O. The van der Waals surface area contributed by atoms with Crippen LogP contribution in [-0.4, -0.2) is 42.2 Å². The molecule has 0 radical (unpaired) electrons. The molecule has 8 nitrogen and oxygen atoms in total. The smallest absolute Gasteiger partial charge is 0.160 e. The second kappa shape index (κ2) is 7.49. The van der Waals surface area contributed by atoms with E-state index in [9.17, 15) is 4.39 Å². The van der Waals surface area contributed by atoms with Crippen LogP contribution in [0.2, 0.25) is 0 Å². The van der Waals surface area contributed by atoms with Gasteiger partial charge in [-0.05, 0) is 24.3 Å². The topological polar surface area (TPSA) is 105 Å². The van der Waals surface area contributed by atoms with Gasteiger partial charge in [-0.2, -0.15) is 5.10 Å². The van der Waals surface area contributed by atoms with Gasteiger partial charge >= 0.3 is 0 Å². The minimum absolute atomic E-state index is 0.317. The van der Waals surface area contributed by atoms with Crippen LogP contribution < -0.4 is 4.74 Å². The lowest BCUT2D eigenvalue weighted by molar-refractivity contribution is 0.413. The fraction of sp³-hybridized carbons (Fsp3) is 0.0417. The molecule has 0 saturated heterocycles. The molecule has 6 aromatic rings. The van der Waals surface area contributed by atoms with E-state index in [0.717, 1.165) is 22.2 Å². The molecule has 0 fully saturated rings. The molecule has 5 aromatic heterocycles. The highest BCUT2D eigenvalue weighted by molar-refractivity contribution is 5.96. The van der Waals surface area contributed by atoms with Gasteiger partial charge in [-0.3, -0.25) is 15.1 Å². The molecule has 0 aliphatic heterocycles. The van der Waals surface area contributed by atoms with Crippen molar-refractivity contribution in [3.05, 3.63) is 73.1 Å². The van der Waals surface area contributed by atoms with Crippen LogP contribution in [0.5, 0.6) is 5.75 Å². The SMILES string of the molecule is COc1cncc(-c2cc3c(-c4nc5c(-c6ccccc6F)ccnc5[nH]4)n[nH]c3cn2)c1. The normalized spacial score (nSPS) is 11.3. The van der Waals surface area contributed by atoms with Gasteiger partial charge in [-0.1, -0.05) is 18.2 Å². The van der Waals surface area contributed by atoms with Crippen molar-refractivity contribution in [1.29, 1.82) is 0 Å². The number of aromatic nitrogens is 7. The zero-order chi connectivity index (χ0) is 22.4. The summed E-state index contributed by atoms with van der Waals surface area (Å²) >= 11 is 0. The Morgan fingerprint density at radius 3 is 2.76 bits per heavy atom. The number of aromatic amines is 2. The molecule has 0 atom stereocenters. The van der Waals surface area contributed by atoms with Crippen LogP contribution in [0.3, 0.4) is 0 Å². The van der Waals surface area contributed by atoms with Crippen LogP contribution in [-0.2, 0) is 0 Å². The average molecular weight is 437 g/mol. The maximum atomic E-state index is 14.5. The summed E-state index contributed by atoms with van der Waals surface area (Å²) in [5.41, 5.74) is 5.15. The van der Waals surface area contributed by atoms with Crippen molar-refractivity contribution in [2.24, 2.45) is 0 Å². The third kappa shape index (κ3) is 3.18. The first-order valence-corrected chi connectivity index (χ1v) is 10.1. The fourth-order valence-corrected chi connectivity index (χ4v) is 3.85. The highest BCUT2D eigenvalue weighted by Gasteiger charge is 2.18. The van der Waals surface area contributed by atoms with Gasteiger partial charge in [0.25, 0.3) is 0 Å². The van der Waals surface area contributed by atoms with E-state index in [-0.39, 0.29) is 5.82 Å². The molecule has 0 aliphatic carbocycles. The molecule has 1 aromatic carbocycles. The third-order valence-electron chi connectivity index (χ3n) is 5.46. The lowest BCUT2D eigenvalue weighted by Crippen LogP contribution is -1.89. The van der Waals surface area contributed by atoms with Crippen LogP contribution in [0.15, 0.2) is 67.3 Å². The van der Waals surface area contributed by atoms with Crippen LogP contribution >= 0.6 is 0 Å². The number of fused-ring (bicyclic) bond motifs is 2. The summed E-state index contributed by atoms with van der Waals surface area (Å²) in [4.78, 5) is 21.1. The van der Waals surface area contributed by atoms with E-state index in [1.807, 2.05) is 12.1 Å². The summed E-state index contributed by atoms with van der Waals surface area (Å²) in [6, 6.07) is 12.1. The Kier molecular flexibility index (Phi) is 4.32. The molecular weight excluding hydrogens is 421 g/mol. The summed E-state index contributed by atoms with van der Waals surface area (Å²) in [6.07, 6.45) is 6.71. The predicted molar refractivity (Wildman–Crippen MR) is 122 cm³/mol. The summed E-state index contributed by atoms with van der Waals surface area (Å²) in [7, 11) is 1.59. The van der Waals surface area contributed by atoms with E-state index < -0.39 is 0 Å². The number of imidazole rings is 1. The highest BCUT2D eigenvalue weighted by Crippen LogP contribution is 2.32. The third-order valence-corrected chi connectivity index (χ3v) is 5.46. The minimum atomic E-state index is -0.317. The van der Waals surface area contributed by atoms with E-state index in [4.69, 9.17) is 9.72 Å². The molecule has 5 heterocycles. The molecule has 0 amide bonds. The molecule has 6 rings (SSSR count). The van der Waals surface area contributed by atoms with E-state index in [1.165, 1.54) is 6.07 Å². The van der Waals surface area contributed by atoms with Gasteiger partial charge in [0.05, 0.1) is 30.7 Å². The van der Waals surface area contributed by atoms with Crippen molar-refractivity contribution in [1.82, 2.24) is 35.1 Å². The van der Waals surface area contributed by atoms with Gasteiger partial charge in [0.15, 0.2) is 11.5 Å². The second-order valence-corrected chi connectivity index (χ2v) is 7.42. The van der Waals surface area contributed by atoms with Crippen LogP contribution in [0.1, 0.15) is 0 Å². The molecule has 9 heteroatoms. The zero-order valence-corrected chi connectivity index (χ0v) is 17.4. The molecule has 0 bridgehead atoms. The molecule has 0 unspecified atom stereocenters. The molecule has 0 aliphatic rings. The Bertz CT molecular complexity index is 1640. The Morgan fingerprint density at radius 1 is 0.970 bits per heavy atom. The lowest BCUT2D eigenvalue weighted by atomic mass is 10.1. The number of H-pyrrole nitrogens is 2. The molecule has 0 spiro atoms. The first-order chi connectivity index (χ1) is 16.2. The number of hydrogen-bond acceptors (Lipinski definition) is 6. The van der Waals surface area contributed by atoms with Crippen LogP contribution in [0, 0.1) is 5.82 Å². The first kappa shape index (κ1) is 19.1. The molecule has 160 valence electrons. The Labute approximate surface area is 186 Å². The Morgan fingerprint density at radius 2 is 1.88 bits per heavy atom. The van der Waals surface area contributed by atoms with Gasteiger partial charge < -0.3 is 9.72 Å². The van der Waals surface area contributed by atoms with Crippen molar-refractivity contribution >= 4 is 22.1 Å². The average Bonchev–Trinajstić information content (AvgIpc) is 3.48. The summed E-state index contributed by atoms with van der Waals surface area (Å²) in [5, 5.41) is 8.27. The number of ether oxygens (including phenoxy) is 1. The van der Waals surface area contributed by atoms with E-state index >= 15 is 0 Å². The van der Waals surface area contributed by atoms with Crippen LogP contribution in [0.4, 0.5) is 4.39 Å². The minimum Gasteiger partial charge on any atom is -0.495 e. The van der Waals surface area contributed by atoms with E-state index in [0.29, 0.717) is 39.6 Å². The summed E-state index contributed by atoms with van der Waals surface area (Å²) in [6.45, 7) is 0. The van der Waals surface area contributed by atoms with Gasteiger partial charge in [-0.25, -0.2) is 14.4 Å². The predicted octanol–water partition coefficient (Wildman–Crippen LogP) is 4.77. The van der Waals surface area contributed by atoms with Crippen molar-refractivity contribution in [3.63, 3.8) is 0 Å². The Hall–Kier alpha value is -4.66. The quantitative estimate of drug-likeness (QED) is 0.411. The van der Waals surface area contributed by atoms with Gasteiger partial charge in [-0.15, -0.1) is 0 Å². The standard InChI is InChI=1S/C24H16FN7O/c1-33-14-8-13(10-26-11-14)19-9-17-20(12-28-19)31-32-22(17)24-29-21-16(6-7-27-23(21)30-24)15-4-2-3-5-18(15)25/h2-12H,1H3,(H,31,32)(H,27,29,30). The monoisotopic (exact) mass is 437 g/mol. The summed E-state index contributed by atoms with van der Waals surface area (Å²) < 4.78 is 19.7. The number of benzene rings is 1. The van der Waals surface area contributed by atoms with Crippen molar-refractivity contribution in [3.8, 4) is 39.7 Å². The lowest BCUT2D eigenvalue weighted by Gasteiger charge is -2.03. The Balaban J connectivity index is 1.50. The van der Waals surface area contributed by atoms with Crippen molar-refractivity contribution in [2.75, 3.05) is 7.11 Å². The number of nitrogens with zero attached hydrogens (tertiary/aromatic N) is 5. The maximum absolute atomic E-state index is 14.5. The van der Waals surface area contributed by atoms with Gasteiger partial charge in [0, 0.05) is 34.5 Å². The second-order valence-electron chi connectivity index (χ2n) is 7.42. The van der Waals surface area contributed by atoms with Crippen molar-refractivity contribution in [2.45, 2.75) is 0 Å². The van der Waals surface area contributed by atoms with E-state index in [1.54, 1.807) is 56.2 Å². The largest absolute Gasteiger partial charge is 0.495 e. The number of pyridine rings is 3. The zero-order valence-electron chi connectivity index (χ0n) is 17.4. The number of nitrogens with one attached hydrogen (secondary N) is 2. The van der Waals surface area contributed by atoms with Gasteiger partial charge in [0.2, 0.25) is 0 Å². The summed E-state index contributed by atoms with van der Waals surface area (Å²) in [5.74, 6) is 0.849. The first-order valence-electron chi connectivity index (χ1n) is 10.1. The number of methoxy groups -OCH3 is 1. The van der Waals surface area contributed by atoms with Gasteiger partial charge in [0.1, 0.15) is 22.8 Å². The van der Waals surface area contributed by atoms with Crippen molar-refractivity contribution < 1.29 is 9.13 Å². The number of hydrogen-bond donors (Lipinski definition) is 2. The molecule has 33 heavy (non-hydrogen) atoms. The van der Waals surface area contributed by atoms with E-state index in [2.05, 4.69) is 30.1 Å². The number of halogens is 1.